The molecular weight excluding hydrogens is 260 g/mol. The molecule has 3 atom stereocenters. The summed E-state index contributed by atoms with van der Waals surface area (Å²) in [5, 5.41) is 3.13. The van der Waals surface area contributed by atoms with Gasteiger partial charge in [0.1, 0.15) is 0 Å². The predicted molar refractivity (Wildman–Crippen MR) is 73.3 cm³/mol. The Bertz CT molecular complexity index is 639. The van der Waals surface area contributed by atoms with Crippen molar-refractivity contribution >= 4 is 27.5 Å². The van der Waals surface area contributed by atoms with Crippen molar-refractivity contribution in [1.82, 2.24) is 10.3 Å². The number of fused-ring (bicyclic) bond motifs is 2. The maximum Gasteiger partial charge on any atom is 0.251 e. The second-order valence-electron chi connectivity index (χ2n) is 5.21. The highest BCUT2D eigenvalue weighted by Crippen LogP contribution is 2.38. The number of carbonyl (C=O) groups is 1. The summed E-state index contributed by atoms with van der Waals surface area (Å²) in [6, 6.07) is 5.96. The van der Waals surface area contributed by atoms with Crippen LogP contribution in [0.15, 0.2) is 23.7 Å². The van der Waals surface area contributed by atoms with Crippen molar-refractivity contribution in [2.75, 3.05) is 6.61 Å². The SMILES string of the molecule is O=C(N[C@H]1C[C@H]2OCC[C@@H]12)c1ccc2ncsc2c1. The summed E-state index contributed by atoms with van der Waals surface area (Å²) < 4.78 is 6.62. The van der Waals surface area contributed by atoms with Gasteiger partial charge in [0.25, 0.3) is 5.91 Å². The van der Waals surface area contributed by atoms with E-state index in [4.69, 9.17) is 4.74 Å². The van der Waals surface area contributed by atoms with Crippen LogP contribution in [0.2, 0.25) is 0 Å². The molecule has 0 spiro atoms. The summed E-state index contributed by atoms with van der Waals surface area (Å²) in [6.07, 6.45) is 2.41. The summed E-state index contributed by atoms with van der Waals surface area (Å²) >= 11 is 1.56. The molecule has 2 aliphatic rings. The Hall–Kier alpha value is -1.46. The standard InChI is InChI=1S/C14H14N2O2S/c17-14(16-11-6-12-9(11)3-4-18-12)8-1-2-10-13(5-8)19-7-15-10/h1-2,5,7,9,11-12H,3-4,6H2,(H,16,17)/t9-,11-,12+/m0/s1. The Balaban J connectivity index is 1.50. The minimum absolute atomic E-state index is 0.0191. The molecule has 1 amide bonds. The van der Waals surface area contributed by atoms with E-state index in [1.54, 1.807) is 16.8 Å². The fourth-order valence-electron chi connectivity index (χ4n) is 3.01. The zero-order valence-corrected chi connectivity index (χ0v) is 11.2. The Kier molecular flexibility index (Phi) is 2.56. The number of benzene rings is 1. The van der Waals surface area contributed by atoms with Crippen molar-refractivity contribution in [3.8, 4) is 0 Å². The first-order valence-corrected chi connectivity index (χ1v) is 7.45. The van der Waals surface area contributed by atoms with Crippen molar-refractivity contribution in [2.45, 2.75) is 25.0 Å². The van der Waals surface area contributed by atoms with E-state index in [1.807, 2.05) is 18.2 Å². The predicted octanol–water partition coefficient (Wildman–Crippen LogP) is 2.20. The van der Waals surface area contributed by atoms with Gasteiger partial charge in [-0.2, -0.15) is 0 Å². The van der Waals surface area contributed by atoms with Gasteiger partial charge >= 0.3 is 0 Å². The lowest BCUT2D eigenvalue weighted by molar-refractivity contribution is 0.00810. The number of thiazole rings is 1. The first-order valence-electron chi connectivity index (χ1n) is 6.57. The number of carbonyl (C=O) groups excluding carboxylic acids is 1. The van der Waals surface area contributed by atoms with E-state index in [9.17, 15) is 4.79 Å². The number of hydrogen-bond acceptors (Lipinski definition) is 4. The molecule has 0 bridgehead atoms. The number of aromatic nitrogens is 1. The van der Waals surface area contributed by atoms with Crippen LogP contribution in [-0.2, 0) is 4.74 Å². The zero-order valence-electron chi connectivity index (χ0n) is 10.3. The molecule has 4 nitrogen and oxygen atoms in total. The third-order valence-corrected chi connectivity index (χ3v) is 4.97. The monoisotopic (exact) mass is 274 g/mol. The van der Waals surface area contributed by atoms with Crippen molar-refractivity contribution in [2.24, 2.45) is 5.92 Å². The van der Waals surface area contributed by atoms with E-state index in [1.165, 1.54) is 0 Å². The van der Waals surface area contributed by atoms with Gasteiger partial charge in [0.05, 0.1) is 21.8 Å². The van der Waals surface area contributed by atoms with Crippen LogP contribution in [0, 0.1) is 5.92 Å². The molecule has 2 heterocycles. The topological polar surface area (TPSA) is 51.2 Å². The molecule has 0 unspecified atom stereocenters. The Morgan fingerprint density at radius 3 is 3.32 bits per heavy atom. The fourth-order valence-corrected chi connectivity index (χ4v) is 3.73. The summed E-state index contributed by atoms with van der Waals surface area (Å²) in [4.78, 5) is 16.5. The third-order valence-electron chi connectivity index (χ3n) is 4.17. The van der Waals surface area contributed by atoms with Crippen molar-refractivity contribution in [3.05, 3.63) is 29.3 Å². The average Bonchev–Trinajstić information content (AvgIpc) is 3.00. The van der Waals surface area contributed by atoms with Crippen LogP contribution in [0.1, 0.15) is 23.2 Å². The maximum absolute atomic E-state index is 12.2. The van der Waals surface area contributed by atoms with Crippen LogP contribution >= 0.6 is 11.3 Å². The van der Waals surface area contributed by atoms with Gasteiger partial charge in [0.15, 0.2) is 0 Å². The molecule has 2 aromatic rings. The van der Waals surface area contributed by atoms with Crippen LogP contribution < -0.4 is 5.32 Å². The third kappa shape index (κ3) is 1.84. The lowest BCUT2D eigenvalue weighted by atomic mass is 9.76. The largest absolute Gasteiger partial charge is 0.378 e. The minimum Gasteiger partial charge on any atom is -0.378 e. The number of amides is 1. The van der Waals surface area contributed by atoms with Crippen LogP contribution in [-0.4, -0.2) is 29.6 Å². The second-order valence-corrected chi connectivity index (χ2v) is 6.10. The number of ether oxygens (including phenoxy) is 1. The van der Waals surface area contributed by atoms with Gasteiger partial charge < -0.3 is 10.1 Å². The van der Waals surface area contributed by atoms with E-state index < -0.39 is 0 Å². The summed E-state index contributed by atoms with van der Waals surface area (Å²) in [7, 11) is 0. The van der Waals surface area contributed by atoms with E-state index in [0.717, 1.165) is 35.2 Å². The zero-order chi connectivity index (χ0) is 12.8. The molecule has 4 rings (SSSR count). The number of nitrogens with zero attached hydrogens (tertiary/aromatic N) is 1. The molecule has 1 N–H and O–H groups in total. The molecule has 1 aliphatic carbocycles. The lowest BCUT2D eigenvalue weighted by Gasteiger charge is -2.39. The molecule has 1 aliphatic heterocycles. The number of hydrogen-bond donors (Lipinski definition) is 1. The summed E-state index contributed by atoms with van der Waals surface area (Å²) in [5.41, 5.74) is 3.48. The van der Waals surface area contributed by atoms with E-state index in [2.05, 4.69) is 10.3 Å². The van der Waals surface area contributed by atoms with Gasteiger partial charge in [-0.3, -0.25) is 4.79 Å². The highest BCUT2D eigenvalue weighted by Gasteiger charge is 2.45. The highest BCUT2D eigenvalue weighted by atomic mass is 32.1. The fraction of sp³-hybridized carbons (Fsp3) is 0.429. The highest BCUT2D eigenvalue weighted by molar-refractivity contribution is 7.16. The normalized spacial score (nSPS) is 28.9. The van der Waals surface area contributed by atoms with Crippen LogP contribution in [0.25, 0.3) is 10.2 Å². The summed E-state index contributed by atoms with van der Waals surface area (Å²) in [5.74, 6) is 0.543. The molecule has 98 valence electrons. The Morgan fingerprint density at radius 2 is 2.42 bits per heavy atom. The molecule has 1 saturated carbocycles. The first kappa shape index (κ1) is 11.4. The van der Waals surface area contributed by atoms with E-state index in [-0.39, 0.29) is 11.9 Å². The van der Waals surface area contributed by atoms with Crippen LogP contribution in [0.5, 0.6) is 0 Å². The minimum atomic E-state index is 0.0191. The summed E-state index contributed by atoms with van der Waals surface area (Å²) in [6.45, 7) is 0.842. The van der Waals surface area contributed by atoms with Gasteiger partial charge in [-0.1, -0.05) is 0 Å². The van der Waals surface area contributed by atoms with Crippen LogP contribution in [0.4, 0.5) is 0 Å². The quantitative estimate of drug-likeness (QED) is 0.913. The van der Waals surface area contributed by atoms with Crippen molar-refractivity contribution < 1.29 is 9.53 Å². The maximum atomic E-state index is 12.2. The molecule has 0 radical (unpaired) electrons. The van der Waals surface area contributed by atoms with Gasteiger partial charge in [-0.25, -0.2) is 4.98 Å². The lowest BCUT2D eigenvalue weighted by Crippen LogP contribution is -2.53. The Morgan fingerprint density at radius 1 is 1.47 bits per heavy atom. The van der Waals surface area contributed by atoms with E-state index >= 15 is 0 Å². The van der Waals surface area contributed by atoms with E-state index in [0.29, 0.717) is 12.0 Å². The number of nitrogens with one attached hydrogen (secondary N) is 1. The Labute approximate surface area is 114 Å². The first-order chi connectivity index (χ1) is 9.31. The van der Waals surface area contributed by atoms with Gasteiger partial charge in [-0.05, 0) is 31.0 Å². The average molecular weight is 274 g/mol. The van der Waals surface area contributed by atoms with Crippen molar-refractivity contribution in [3.63, 3.8) is 0 Å². The molecule has 5 heteroatoms. The number of rotatable bonds is 2. The molecule has 1 aromatic carbocycles. The molecule has 1 saturated heterocycles. The van der Waals surface area contributed by atoms with Gasteiger partial charge in [0.2, 0.25) is 0 Å². The molecule has 2 fully saturated rings. The molecule has 19 heavy (non-hydrogen) atoms. The van der Waals surface area contributed by atoms with Gasteiger partial charge in [-0.15, -0.1) is 11.3 Å². The smallest absolute Gasteiger partial charge is 0.251 e. The molecular formula is C14H14N2O2S. The second kappa shape index (κ2) is 4.28. The van der Waals surface area contributed by atoms with Crippen LogP contribution in [0.3, 0.4) is 0 Å². The molecule has 1 aromatic heterocycles. The van der Waals surface area contributed by atoms with Crippen molar-refractivity contribution in [1.29, 1.82) is 0 Å². The van der Waals surface area contributed by atoms with Gasteiger partial charge in [0, 0.05) is 24.1 Å².